The highest BCUT2D eigenvalue weighted by atomic mass is 16.6. The molecule has 8 nitrogen and oxygen atoms in total. The zero-order chi connectivity index (χ0) is 21.6. The molecule has 0 aromatic carbocycles. The van der Waals surface area contributed by atoms with Gasteiger partial charge in [0.15, 0.2) is 5.69 Å². The molecule has 2 rings (SSSR count). The second-order valence-electron chi connectivity index (χ2n) is 8.15. The molecule has 0 spiro atoms. The summed E-state index contributed by atoms with van der Waals surface area (Å²) in [6, 6.07) is 1.88. The summed E-state index contributed by atoms with van der Waals surface area (Å²) in [7, 11) is 0. The van der Waals surface area contributed by atoms with E-state index < -0.39 is 11.6 Å². The molecule has 1 saturated carbocycles. The molecule has 0 radical (unpaired) electrons. The maximum Gasteiger partial charge on any atom is 0.359 e. The zero-order valence-corrected chi connectivity index (χ0v) is 17.7. The Morgan fingerprint density at radius 3 is 2.55 bits per heavy atom. The van der Waals surface area contributed by atoms with E-state index in [2.05, 4.69) is 4.98 Å². The molecule has 0 aliphatic heterocycles. The largest absolute Gasteiger partial charge is 0.465 e. The van der Waals surface area contributed by atoms with Crippen LogP contribution in [0.25, 0.3) is 0 Å². The van der Waals surface area contributed by atoms with Gasteiger partial charge in [0.2, 0.25) is 5.91 Å². The van der Waals surface area contributed by atoms with Gasteiger partial charge < -0.3 is 20.1 Å². The lowest BCUT2D eigenvalue weighted by Crippen LogP contribution is -2.38. The van der Waals surface area contributed by atoms with Crippen LogP contribution in [0.2, 0.25) is 0 Å². The standard InChI is InChI=1S/C21H31N3O5/c1-5-28-17(26)13-24(15-9-10-15)16(25)8-6-7-14-11-12-23-19(18(14)22)20(27)29-21(2,3)4/h11-12,15H,5-10,13,22H2,1-4H3. The van der Waals surface area contributed by atoms with Crippen LogP contribution in [0.15, 0.2) is 12.3 Å². The Morgan fingerprint density at radius 2 is 1.97 bits per heavy atom. The maximum atomic E-state index is 12.6. The van der Waals surface area contributed by atoms with Crippen molar-refractivity contribution in [3.05, 3.63) is 23.5 Å². The fourth-order valence-electron chi connectivity index (χ4n) is 2.95. The molecule has 0 bridgehead atoms. The minimum absolute atomic E-state index is 0.00245. The van der Waals surface area contributed by atoms with Gasteiger partial charge in [-0.25, -0.2) is 9.78 Å². The molecular weight excluding hydrogens is 374 g/mol. The maximum absolute atomic E-state index is 12.6. The van der Waals surface area contributed by atoms with Gasteiger partial charge >= 0.3 is 11.9 Å². The molecule has 0 saturated heterocycles. The summed E-state index contributed by atoms with van der Waals surface area (Å²) in [5, 5.41) is 0. The highest BCUT2D eigenvalue weighted by Gasteiger charge is 2.33. The van der Waals surface area contributed by atoms with E-state index in [1.807, 2.05) is 0 Å². The number of amides is 1. The van der Waals surface area contributed by atoms with Crippen LogP contribution < -0.4 is 5.73 Å². The van der Waals surface area contributed by atoms with E-state index in [1.54, 1.807) is 38.7 Å². The Balaban J connectivity index is 1.94. The molecule has 1 amide bonds. The summed E-state index contributed by atoms with van der Waals surface area (Å²) < 4.78 is 10.3. The Morgan fingerprint density at radius 1 is 1.28 bits per heavy atom. The number of ether oxygens (including phenoxy) is 2. The topological polar surface area (TPSA) is 112 Å². The van der Waals surface area contributed by atoms with Crippen molar-refractivity contribution in [1.29, 1.82) is 0 Å². The van der Waals surface area contributed by atoms with Crippen molar-refractivity contribution in [2.75, 3.05) is 18.9 Å². The number of aromatic nitrogens is 1. The van der Waals surface area contributed by atoms with Crippen LogP contribution >= 0.6 is 0 Å². The highest BCUT2D eigenvalue weighted by Crippen LogP contribution is 2.28. The molecule has 1 heterocycles. The van der Waals surface area contributed by atoms with Gasteiger partial charge in [-0.1, -0.05) is 0 Å². The number of nitrogen functional groups attached to an aromatic ring is 1. The minimum atomic E-state index is -0.640. The lowest BCUT2D eigenvalue weighted by atomic mass is 10.1. The van der Waals surface area contributed by atoms with Crippen molar-refractivity contribution in [2.45, 2.75) is 71.4 Å². The first-order valence-corrected chi connectivity index (χ1v) is 10.0. The second kappa shape index (κ2) is 9.71. The van der Waals surface area contributed by atoms with Gasteiger partial charge in [-0.2, -0.15) is 0 Å². The summed E-state index contributed by atoms with van der Waals surface area (Å²) >= 11 is 0. The predicted octanol–water partition coefficient (Wildman–Crippen LogP) is 2.50. The van der Waals surface area contributed by atoms with Crippen LogP contribution in [-0.4, -0.2) is 52.5 Å². The van der Waals surface area contributed by atoms with Gasteiger partial charge in [0.25, 0.3) is 0 Å². The van der Waals surface area contributed by atoms with Crippen molar-refractivity contribution in [3.8, 4) is 0 Å². The van der Waals surface area contributed by atoms with Crippen LogP contribution in [0.1, 0.15) is 69.4 Å². The van der Waals surface area contributed by atoms with Crippen molar-refractivity contribution in [3.63, 3.8) is 0 Å². The van der Waals surface area contributed by atoms with Crippen LogP contribution in [0.4, 0.5) is 5.69 Å². The molecule has 0 atom stereocenters. The molecular formula is C21H31N3O5. The van der Waals surface area contributed by atoms with Crippen molar-refractivity contribution >= 4 is 23.5 Å². The Hall–Kier alpha value is -2.64. The Kier molecular flexibility index (Phi) is 7.59. The second-order valence-corrected chi connectivity index (χ2v) is 8.15. The lowest BCUT2D eigenvalue weighted by molar-refractivity contribution is -0.149. The highest BCUT2D eigenvalue weighted by molar-refractivity contribution is 5.93. The van der Waals surface area contributed by atoms with Gasteiger partial charge in [-0.05, 0) is 65.0 Å². The van der Waals surface area contributed by atoms with Gasteiger partial charge in [0, 0.05) is 18.7 Å². The summed E-state index contributed by atoms with van der Waals surface area (Å²) in [5.74, 6) is -1.02. The van der Waals surface area contributed by atoms with Gasteiger partial charge in [-0.3, -0.25) is 9.59 Å². The van der Waals surface area contributed by atoms with Crippen LogP contribution in [0.3, 0.4) is 0 Å². The number of carbonyl (C=O) groups excluding carboxylic acids is 3. The van der Waals surface area contributed by atoms with Gasteiger partial charge in [0.1, 0.15) is 12.1 Å². The molecule has 0 unspecified atom stereocenters. The third-order valence-corrected chi connectivity index (χ3v) is 4.42. The average molecular weight is 405 g/mol. The number of hydrogen-bond acceptors (Lipinski definition) is 7. The Bertz CT molecular complexity index is 753. The quantitative estimate of drug-likeness (QED) is 0.628. The smallest absolute Gasteiger partial charge is 0.359 e. The predicted molar refractivity (Wildman–Crippen MR) is 108 cm³/mol. The van der Waals surface area contributed by atoms with Gasteiger partial charge in [0.05, 0.1) is 12.3 Å². The normalized spacial score (nSPS) is 13.7. The van der Waals surface area contributed by atoms with E-state index in [1.165, 1.54) is 6.20 Å². The number of carbonyl (C=O) groups is 3. The molecule has 1 fully saturated rings. The minimum Gasteiger partial charge on any atom is -0.465 e. The SMILES string of the molecule is CCOC(=O)CN(C(=O)CCCc1ccnc(C(=O)OC(C)(C)C)c1N)C1CC1. The first-order chi connectivity index (χ1) is 13.6. The van der Waals surface area contributed by atoms with Crippen LogP contribution in [0, 0.1) is 0 Å². The summed E-state index contributed by atoms with van der Waals surface area (Å²) in [5.41, 5.74) is 6.59. The molecule has 160 valence electrons. The zero-order valence-electron chi connectivity index (χ0n) is 17.7. The summed E-state index contributed by atoms with van der Waals surface area (Å²) in [6.45, 7) is 7.37. The number of rotatable bonds is 9. The molecule has 1 aromatic heterocycles. The van der Waals surface area contributed by atoms with E-state index in [0.29, 0.717) is 25.9 Å². The monoisotopic (exact) mass is 405 g/mol. The third-order valence-electron chi connectivity index (χ3n) is 4.42. The fourth-order valence-corrected chi connectivity index (χ4v) is 2.95. The fraction of sp³-hybridized carbons (Fsp3) is 0.619. The number of aryl methyl sites for hydroxylation is 1. The third kappa shape index (κ3) is 7.03. The van der Waals surface area contributed by atoms with E-state index in [-0.39, 0.29) is 35.8 Å². The molecule has 1 aromatic rings. The first-order valence-electron chi connectivity index (χ1n) is 10.0. The lowest BCUT2D eigenvalue weighted by Gasteiger charge is -2.21. The number of nitrogens with two attached hydrogens (primary N) is 1. The summed E-state index contributed by atoms with van der Waals surface area (Å²) in [4.78, 5) is 42.3. The van der Waals surface area contributed by atoms with Crippen molar-refractivity contribution < 1.29 is 23.9 Å². The van der Waals surface area contributed by atoms with E-state index in [4.69, 9.17) is 15.2 Å². The molecule has 1 aliphatic carbocycles. The molecule has 2 N–H and O–H groups in total. The van der Waals surface area contributed by atoms with E-state index in [0.717, 1.165) is 18.4 Å². The van der Waals surface area contributed by atoms with Crippen LogP contribution in [-0.2, 0) is 25.5 Å². The van der Waals surface area contributed by atoms with Crippen molar-refractivity contribution in [1.82, 2.24) is 9.88 Å². The van der Waals surface area contributed by atoms with Gasteiger partial charge in [-0.15, -0.1) is 0 Å². The number of anilines is 1. The number of hydrogen-bond donors (Lipinski definition) is 1. The number of esters is 2. The first kappa shape index (κ1) is 22.6. The Labute approximate surface area is 171 Å². The van der Waals surface area contributed by atoms with E-state index >= 15 is 0 Å². The van der Waals surface area contributed by atoms with E-state index in [9.17, 15) is 14.4 Å². The van der Waals surface area contributed by atoms with Crippen molar-refractivity contribution in [2.24, 2.45) is 0 Å². The molecule has 1 aliphatic rings. The molecule has 8 heteroatoms. The van der Waals surface area contributed by atoms with Crippen LogP contribution in [0.5, 0.6) is 0 Å². The number of pyridine rings is 1. The summed E-state index contributed by atoms with van der Waals surface area (Å²) in [6.07, 6.45) is 4.72. The molecule has 29 heavy (non-hydrogen) atoms. The average Bonchev–Trinajstić information content (AvgIpc) is 3.44. The number of nitrogens with zero attached hydrogens (tertiary/aromatic N) is 2.